The molecule has 2 fully saturated rings. The third-order valence-electron chi connectivity index (χ3n) is 3.28. The van der Waals surface area contributed by atoms with Crippen molar-refractivity contribution in [2.24, 2.45) is 0 Å². The normalized spacial score (nSPS) is 27.8. The van der Waals surface area contributed by atoms with Crippen molar-refractivity contribution in [3.05, 3.63) is 29.3 Å². The maximum absolute atomic E-state index is 11.9. The van der Waals surface area contributed by atoms with Gasteiger partial charge < -0.3 is 10.1 Å². The summed E-state index contributed by atoms with van der Waals surface area (Å²) >= 11 is 6.13. The smallest absolute Gasteiger partial charge is 0.415 e. The first kappa shape index (κ1) is 10.9. The lowest BCUT2D eigenvalue weighted by molar-refractivity contribution is 0.117. The van der Waals surface area contributed by atoms with Gasteiger partial charge in [0.2, 0.25) is 0 Å². The van der Waals surface area contributed by atoms with Gasteiger partial charge in [-0.3, -0.25) is 4.90 Å². The van der Waals surface area contributed by atoms with Crippen LogP contribution in [0.25, 0.3) is 0 Å². The largest absolute Gasteiger partial charge is 0.444 e. The second kappa shape index (κ2) is 4.20. The van der Waals surface area contributed by atoms with Gasteiger partial charge in [-0.15, -0.1) is 0 Å². The second-order valence-corrected chi connectivity index (χ2v) is 4.71. The Morgan fingerprint density at radius 1 is 1.41 bits per heavy atom. The lowest BCUT2D eigenvalue weighted by atomic mass is 10.0. The van der Waals surface area contributed by atoms with Crippen molar-refractivity contribution in [2.75, 3.05) is 18.0 Å². The summed E-state index contributed by atoms with van der Waals surface area (Å²) in [6, 6.07) is 7.41. The van der Waals surface area contributed by atoms with Gasteiger partial charge in [-0.2, -0.15) is 0 Å². The zero-order valence-electron chi connectivity index (χ0n) is 9.23. The van der Waals surface area contributed by atoms with Gasteiger partial charge in [0.25, 0.3) is 0 Å². The third kappa shape index (κ3) is 1.77. The van der Waals surface area contributed by atoms with Crippen LogP contribution in [0.15, 0.2) is 24.3 Å². The van der Waals surface area contributed by atoms with E-state index in [9.17, 15) is 4.79 Å². The Labute approximate surface area is 104 Å². The summed E-state index contributed by atoms with van der Waals surface area (Å²) in [6.45, 7) is 1.65. The number of piperidine rings is 1. The number of para-hydroxylation sites is 1. The number of carbonyl (C=O) groups excluding carboxylic acids is 1. The first-order valence-electron chi connectivity index (χ1n) is 5.72. The summed E-state index contributed by atoms with van der Waals surface area (Å²) < 4.78 is 5.38. The molecule has 0 radical (unpaired) electrons. The molecule has 2 aliphatic rings. The molecule has 0 bridgehead atoms. The topological polar surface area (TPSA) is 41.6 Å². The molecule has 0 aromatic heterocycles. The average Bonchev–Trinajstić information content (AvgIpc) is 2.66. The van der Waals surface area contributed by atoms with Gasteiger partial charge in [0.15, 0.2) is 0 Å². The minimum Gasteiger partial charge on any atom is -0.444 e. The van der Waals surface area contributed by atoms with E-state index < -0.39 is 0 Å². The fraction of sp³-hybridized carbons (Fsp3) is 0.417. The SMILES string of the molecule is O=C1OC2CCNCC2N1c1ccccc1Cl. The molecule has 0 saturated carbocycles. The fourth-order valence-electron chi connectivity index (χ4n) is 2.46. The molecular weight excluding hydrogens is 240 g/mol. The molecule has 3 rings (SSSR count). The first-order valence-corrected chi connectivity index (χ1v) is 6.10. The Morgan fingerprint density at radius 2 is 2.24 bits per heavy atom. The molecule has 1 aromatic rings. The number of halogens is 1. The van der Waals surface area contributed by atoms with Crippen molar-refractivity contribution in [2.45, 2.75) is 18.6 Å². The minimum atomic E-state index is -0.295. The van der Waals surface area contributed by atoms with Gasteiger partial charge >= 0.3 is 6.09 Å². The van der Waals surface area contributed by atoms with Crippen molar-refractivity contribution >= 4 is 23.4 Å². The molecule has 1 N–H and O–H groups in total. The van der Waals surface area contributed by atoms with Crippen molar-refractivity contribution < 1.29 is 9.53 Å². The van der Waals surface area contributed by atoms with Crippen molar-refractivity contribution in [1.82, 2.24) is 5.32 Å². The molecule has 2 aliphatic heterocycles. The highest BCUT2D eigenvalue weighted by molar-refractivity contribution is 6.33. The summed E-state index contributed by atoms with van der Waals surface area (Å²) in [4.78, 5) is 13.6. The van der Waals surface area contributed by atoms with Crippen LogP contribution in [0.2, 0.25) is 5.02 Å². The minimum absolute atomic E-state index is 0.0139. The number of amides is 1. The number of hydrogen-bond acceptors (Lipinski definition) is 3. The highest BCUT2D eigenvalue weighted by Crippen LogP contribution is 2.33. The highest BCUT2D eigenvalue weighted by atomic mass is 35.5. The number of carbonyl (C=O) groups is 1. The van der Waals surface area contributed by atoms with E-state index in [4.69, 9.17) is 16.3 Å². The van der Waals surface area contributed by atoms with Crippen LogP contribution < -0.4 is 10.2 Å². The zero-order chi connectivity index (χ0) is 11.8. The van der Waals surface area contributed by atoms with Crippen LogP contribution >= 0.6 is 11.6 Å². The Bertz CT molecular complexity index is 452. The lowest BCUT2D eigenvalue weighted by Crippen LogP contribution is -2.49. The molecule has 2 atom stereocenters. The van der Waals surface area contributed by atoms with Crippen LogP contribution in [0.4, 0.5) is 10.5 Å². The van der Waals surface area contributed by atoms with Crippen LogP contribution in [0.5, 0.6) is 0 Å². The number of nitrogens with zero attached hydrogens (tertiary/aromatic N) is 1. The Morgan fingerprint density at radius 3 is 3.06 bits per heavy atom. The average molecular weight is 253 g/mol. The van der Waals surface area contributed by atoms with E-state index in [1.165, 1.54) is 0 Å². The Kier molecular flexibility index (Phi) is 2.68. The molecule has 5 heteroatoms. The molecule has 0 aliphatic carbocycles. The molecule has 0 spiro atoms. The summed E-state index contributed by atoms with van der Waals surface area (Å²) in [6.07, 6.45) is 0.550. The van der Waals surface area contributed by atoms with Crippen LogP contribution in [-0.4, -0.2) is 31.3 Å². The van der Waals surface area contributed by atoms with E-state index >= 15 is 0 Å². The van der Waals surface area contributed by atoms with Gasteiger partial charge in [0.05, 0.1) is 16.8 Å². The van der Waals surface area contributed by atoms with Gasteiger partial charge in [0, 0.05) is 6.54 Å². The van der Waals surface area contributed by atoms with E-state index in [2.05, 4.69) is 5.32 Å². The predicted molar refractivity (Wildman–Crippen MR) is 65.5 cm³/mol. The second-order valence-electron chi connectivity index (χ2n) is 4.30. The number of anilines is 1. The van der Waals surface area contributed by atoms with Gasteiger partial charge in [-0.1, -0.05) is 23.7 Å². The number of rotatable bonds is 1. The monoisotopic (exact) mass is 252 g/mol. The number of ether oxygens (including phenoxy) is 1. The molecule has 1 aromatic carbocycles. The maximum atomic E-state index is 11.9. The molecule has 2 heterocycles. The fourth-order valence-corrected chi connectivity index (χ4v) is 2.69. The quantitative estimate of drug-likeness (QED) is 0.832. The molecule has 1 amide bonds. The molecule has 17 heavy (non-hydrogen) atoms. The summed E-state index contributed by atoms with van der Waals surface area (Å²) in [5.74, 6) is 0. The first-order chi connectivity index (χ1) is 8.27. The number of nitrogens with one attached hydrogen (secondary N) is 1. The molecule has 2 saturated heterocycles. The standard InChI is InChI=1S/C12H13ClN2O2/c13-8-3-1-2-4-9(8)15-10-7-14-6-5-11(10)17-12(15)16/h1-4,10-11,14H,5-7H2. The third-order valence-corrected chi connectivity index (χ3v) is 3.60. The van der Waals surface area contributed by atoms with E-state index in [0.29, 0.717) is 5.02 Å². The summed E-state index contributed by atoms with van der Waals surface area (Å²) in [7, 11) is 0. The van der Waals surface area contributed by atoms with E-state index in [1.54, 1.807) is 11.0 Å². The maximum Gasteiger partial charge on any atom is 0.415 e. The predicted octanol–water partition coefficient (Wildman–Crippen LogP) is 2.03. The van der Waals surface area contributed by atoms with E-state index in [-0.39, 0.29) is 18.2 Å². The van der Waals surface area contributed by atoms with E-state index in [0.717, 1.165) is 25.2 Å². The van der Waals surface area contributed by atoms with Crippen molar-refractivity contribution in [3.63, 3.8) is 0 Å². The number of fused-ring (bicyclic) bond motifs is 1. The molecule has 90 valence electrons. The van der Waals surface area contributed by atoms with Crippen LogP contribution in [-0.2, 0) is 4.74 Å². The van der Waals surface area contributed by atoms with Gasteiger partial charge in [0.1, 0.15) is 6.10 Å². The van der Waals surface area contributed by atoms with Crippen molar-refractivity contribution in [1.29, 1.82) is 0 Å². The summed E-state index contributed by atoms with van der Waals surface area (Å²) in [5, 5.41) is 3.86. The highest BCUT2D eigenvalue weighted by Gasteiger charge is 2.44. The van der Waals surface area contributed by atoms with Crippen LogP contribution in [0, 0.1) is 0 Å². The molecule has 4 nitrogen and oxygen atoms in total. The molecule has 2 unspecified atom stereocenters. The Hall–Kier alpha value is -1.26. The van der Waals surface area contributed by atoms with Gasteiger partial charge in [-0.25, -0.2) is 4.79 Å². The number of benzene rings is 1. The van der Waals surface area contributed by atoms with E-state index in [1.807, 2.05) is 18.2 Å². The lowest BCUT2D eigenvalue weighted by Gasteiger charge is -2.29. The van der Waals surface area contributed by atoms with Crippen LogP contribution in [0.1, 0.15) is 6.42 Å². The Balaban J connectivity index is 1.96. The van der Waals surface area contributed by atoms with Crippen LogP contribution in [0.3, 0.4) is 0 Å². The van der Waals surface area contributed by atoms with Crippen molar-refractivity contribution in [3.8, 4) is 0 Å². The summed E-state index contributed by atoms with van der Waals surface area (Å²) in [5.41, 5.74) is 0.732. The zero-order valence-corrected chi connectivity index (χ0v) is 9.98. The van der Waals surface area contributed by atoms with Gasteiger partial charge in [-0.05, 0) is 25.1 Å². The number of hydrogen-bond donors (Lipinski definition) is 1. The molecular formula is C12H13ClN2O2.